The van der Waals surface area contributed by atoms with E-state index in [2.05, 4.69) is 5.32 Å². The summed E-state index contributed by atoms with van der Waals surface area (Å²) >= 11 is 6.26. The van der Waals surface area contributed by atoms with Crippen LogP contribution in [0.5, 0.6) is 5.75 Å². The number of aryl methyl sites for hydroxylation is 1. The molecule has 2 atom stereocenters. The summed E-state index contributed by atoms with van der Waals surface area (Å²) in [5.74, 6) is -0.868. The van der Waals surface area contributed by atoms with E-state index in [-0.39, 0.29) is 22.3 Å². The summed E-state index contributed by atoms with van der Waals surface area (Å²) in [5, 5.41) is 3.39. The highest BCUT2D eigenvalue weighted by atomic mass is 35.5. The van der Waals surface area contributed by atoms with Gasteiger partial charge in [-0.05, 0) is 45.2 Å². The molecule has 0 bridgehead atoms. The van der Waals surface area contributed by atoms with Crippen LogP contribution in [0.1, 0.15) is 46.6 Å². The molecular weight excluding hydrogens is 398 g/mol. The molecule has 1 aromatic carbocycles. The molecule has 0 unspecified atom stereocenters. The first-order valence-electron chi connectivity index (χ1n) is 9.36. The molecule has 0 aliphatic carbocycles. The molecular formula is C21H26ClNO6. The van der Waals surface area contributed by atoms with E-state index in [0.29, 0.717) is 17.4 Å². The summed E-state index contributed by atoms with van der Waals surface area (Å²) in [6.45, 7) is 10.6. The Hall–Kier alpha value is -2.54. The van der Waals surface area contributed by atoms with Gasteiger partial charge < -0.3 is 19.2 Å². The molecule has 8 heteroatoms. The van der Waals surface area contributed by atoms with Gasteiger partial charge in [0.15, 0.2) is 5.75 Å². The van der Waals surface area contributed by atoms with Crippen LogP contribution in [-0.4, -0.2) is 23.7 Å². The molecule has 1 heterocycles. The fourth-order valence-corrected chi connectivity index (χ4v) is 2.88. The van der Waals surface area contributed by atoms with E-state index in [1.54, 1.807) is 33.8 Å². The van der Waals surface area contributed by atoms with E-state index in [0.717, 1.165) is 0 Å². The third kappa shape index (κ3) is 5.97. The maximum atomic E-state index is 12.8. The maximum absolute atomic E-state index is 12.8. The highest BCUT2D eigenvalue weighted by Gasteiger charge is 2.30. The number of rotatable bonds is 5. The third-order valence-corrected chi connectivity index (χ3v) is 4.65. The first-order chi connectivity index (χ1) is 13.4. The molecule has 1 N–H and O–H groups in total. The van der Waals surface area contributed by atoms with Crippen molar-refractivity contribution in [2.75, 3.05) is 0 Å². The SMILES string of the molecule is CC[C@@H](C)[C@@H](NC(=O)OC(C)(C)C)C(=O)Oc1cc2oc(=O)cc(C)c2cc1Cl. The molecule has 1 amide bonds. The molecule has 0 fully saturated rings. The topological polar surface area (TPSA) is 94.8 Å². The number of esters is 1. The van der Waals surface area contributed by atoms with Crippen molar-refractivity contribution >= 4 is 34.6 Å². The number of halogens is 1. The minimum absolute atomic E-state index is 0.0391. The molecule has 2 aromatic rings. The van der Waals surface area contributed by atoms with E-state index in [1.807, 2.05) is 13.8 Å². The number of alkyl carbamates (subject to hydrolysis) is 1. The van der Waals surface area contributed by atoms with E-state index >= 15 is 0 Å². The number of ether oxygens (including phenoxy) is 2. The minimum atomic E-state index is -0.939. The number of benzene rings is 1. The summed E-state index contributed by atoms with van der Waals surface area (Å²) in [6.07, 6.45) is -0.0966. The van der Waals surface area contributed by atoms with Crippen molar-refractivity contribution in [2.45, 2.75) is 59.6 Å². The second-order valence-electron chi connectivity index (χ2n) is 7.96. The molecule has 158 valence electrons. The van der Waals surface area contributed by atoms with Crippen molar-refractivity contribution in [2.24, 2.45) is 5.92 Å². The van der Waals surface area contributed by atoms with Crippen molar-refractivity contribution in [3.05, 3.63) is 39.2 Å². The van der Waals surface area contributed by atoms with E-state index in [4.69, 9.17) is 25.5 Å². The molecule has 0 saturated carbocycles. The number of fused-ring (bicyclic) bond motifs is 1. The number of carbonyl (C=O) groups is 2. The number of nitrogens with one attached hydrogen (secondary N) is 1. The van der Waals surface area contributed by atoms with Crippen LogP contribution in [0.3, 0.4) is 0 Å². The third-order valence-electron chi connectivity index (χ3n) is 4.35. The second kappa shape index (κ2) is 8.86. The summed E-state index contributed by atoms with van der Waals surface area (Å²) in [7, 11) is 0. The number of hydrogen-bond donors (Lipinski definition) is 1. The Bertz CT molecular complexity index is 976. The number of hydrogen-bond acceptors (Lipinski definition) is 6. The zero-order valence-corrected chi connectivity index (χ0v) is 18.2. The fraction of sp³-hybridized carbons (Fsp3) is 0.476. The Morgan fingerprint density at radius 2 is 1.90 bits per heavy atom. The standard InChI is InChI=1S/C21H26ClNO6/c1-7-11(2)18(23-20(26)29-21(4,5)6)19(25)28-16-10-15-13(9-14(16)22)12(3)8-17(24)27-15/h8-11,18H,7H2,1-6H3,(H,23,26)/t11-,18-/m1/s1. The summed E-state index contributed by atoms with van der Waals surface area (Å²) in [6, 6.07) is 3.38. The Morgan fingerprint density at radius 3 is 2.48 bits per heavy atom. The number of amides is 1. The molecule has 0 aliphatic heterocycles. The quantitative estimate of drug-likeness (QED) is 0.429. The molecule has 7 nitrogen and oxygen atoms in total. The minimum Gasteiger partial charge on any atom is -0.444 e. The van der Waals surface area contributed by atoms with E-state index in [9.17, 15) is 14.4 Å². The van der Waals surface area contributed by atoms with Crippen LogP contribution >= 0.6 is 11.6 Å². The Kier molecular flexibility index (Phi) is 6.95. The van der Waals surface area contributed by atoms with Gasteiger partial charge in [0.2, 0.25) is 0 Å². The lowest BCUT2D eigenvalue weighted by Crippen LogP contribution is -2.48. The predicted molar refractivity (Wildman–Crippen MR) is 110 cm³/mol. The largest absolute Gasteiger partial charge is 0.444 e. The average molecular weight is 424 g/mol. The van der Waals surface area contributed by atoms with Crippen LogP contribution in [0.4, 0.5) is 4.79 Å². The van der Waals surface area contributed by atoms with Crippen LogP contribution in [0.25, 0.3) is 11.0 Å². The van der Waals surface area contributed by atoms with Gasteiger partial charge >= 0.3 is 17.7 Å². The van der Waals surface area contributed by atoms with E-state index in [1.165, 1.54) is 12.1 Å². The van der Waals surface area contributed by atoms with Gasteiger partial charge in [-0.15, -0.1) is 0 Å². The highest BCUT2D eigenvalue weighted by Crippen LogP contribution is 2.31. The normalized spacial score (nSPS) is 13.6. The van der Waals surface area contributed by atoms with Gasteiger partial charge in [0.25, 0.3) is 0 Å². The van der Waals surface area contributed by atoms with Crippen molar-refractivity contribution in [3.63, 3.8) is 0 Å². The summed E-state index contributed by atoms with van der Waals surface area (Å²) in [4.78, 5) is 36.6. The molecule has 0 saturated heterocycles. The Labute approximate surface area is 174 Å². The number of carbonyl (C=O) groups excluding carboxylic acids is 2. The van der Waals surface area contributed by atoms with Gasteiger partial charge in [-0.1, -0.05) is 31.9 Å². The Balaban J connectivity index is 2.29. The van der Waals surface area contributed by atoms with Crippen molar-refractivity contribution in [3.8, 4) is 5.75 Å². The lowest BCUT2D eigenvalue weighted by molar-refractivity contribution is -0.138. The van der Waals surface area contributed by atoms with Gasteiger partial charge in [0, 0.05) is 17.5 Å². The molecule has 1 aromatic heterocycles. The van der Waals surface area contributed by atoms with Crippen LogP contribution < -0.4 is 15.7 Å². The highest BCUT2D eigenvalue weighted by molar-refractivity contribution is 6.33. The average Bonchev–Trinajstić information content (AvgIpc) is 2.58. The second-order valence-corrected chi connectivity index (χ2v) is 8.36. The molecule has 0 radical (unpaired) electrons. The van der Waals surface area contributed by atoms with Gasteiger partial charge in [0.1, 0.15) is 17.2 Å². The Morgan fingerprint density at radius 1 is 1.24 bits per heavy atom. The summed E-state index contributed by atoms with van der Waals surface area (Å²) < 4.78 is 15.9. The van der Waals surface area contributed by atoms with Crippen molar-refractivity contribution in [1.29, 1.82) is 0 Å². The fourth-order valence-electron chi connectivity index (χ4n) is 2.67. The van der Waals surface area contributed by atoms with Gasteiger partial charge in [-0.3, -0.25) is 0 Å². The molecule has 0 aliphatic rings. The monoisotopic (exact) mass is 423 g/mol. The van der Waals surface area contributed by atoms with E-state index < -0.39 is 29.3 Å². The van der Waals surface area contributed by atoms with Crippen LogP contribution in [0, 0.1) is 12.8 Å². The first-order valence-corrected chi connectivity index (χ1v) is 9.74. The lowest BCUT2D eigenvalue weighted by Gasteiger charge is -2.25. The van der Waals surface area contributed by atoms with Crippen molar-refractivity contribution < 1.29 is 23.5 Å². The molecule has 0 spiro atoms. The predicted octanol–water partition coefficient (Wildman–Crippen LogP) is 4.60. The van der Waals surface area contributed by atoms with Crippen LogP contribution in [0.15, 0.2) is 27.4 Å². The van der Waals surface area contributed by atoms with Crippen LogP contribution in [0.2, 0.25) is 5.02 Å². The molecule has 2 rings (SSSR count). The first kappa shape index (κ1) is 22.7. The van der Waals surface area contributed by atoms with Gasteiger partial charge in [-0.25, -0.2) is 14.4 Å². The zero-order valence-electron chi connectivity index (χ0n) is 17.4. The van der Waals surface area contributed by atoms with Crippen LogP contribution in [-0.2, 0) is 9.53 Å². The van der Waals surface area contributed by atoms with Gasteiger partial charge in [-0.2, -0.15) is 0 Å². The van der Waals surface area contributed by atoms with Gasteiger partial charge in [0.05, 0.1) is 5.02 Å². The lowest BCUT2D eigenvalue weighted by atomic mass is 9.99. The maximum Gasteiger partial charge on any atom is 0.408 e. The van der Waals surface area contributed by atoms with Crippen molar-refractivity contribution in [1.82, 2.24) is 5.32 Å². The smallest absolute Gasteiger partial charge is 0.408 e. The zero-order chi connectivity index (χ0) is 21.9. The summed E-state index contributed by atoms with van der Waals surface area (Å²) in [5.41, 5.74) is -0.272. The molecule has 29 heavy (non-hydrogen) atoms.